The van der Waals surface area contributed by atoms with Gasteiger partial charge in [0.2, 0.25) is 0 Å². The fourth-order valence-corrected chi connectivity index (χ4v) is 3.06. The van der Waals surface area contributed by atoms with Crippen molar-refractivity contribution in [3.8, 4) is 0 Å². The predicted molar refractivity (Wildman–Crippen MR) is 84.0 cm³/mol. The first kappa shape index (κ1) is 16.5. The Labute approximate surface area is 139 Å². The average Bonchev–Trinajstić information content (AvgIpc) is 3.09. The number of morpholine rings is 1. The number of hydrogen-bond acceptors (Lipinski definition) is 3. The van der Waals surface area contributed by atoms with Crippen LogP contribution in [0.5, 0.6) is 0 Å². The predicted octanol–water partition coefficient (Wildman–Crippen LogP) is 2.74. The molecule has 2 heterocycles. The first-order valence-corrected chi connectivity index (χ1v) is 8.22. The molecule has 2 fully saturated rings. The number of nitrogens with one attached hydrogen (secondary N) is 1. The van der Waals surface area contributed by atoms with Gasteiger partial charge in [0.15, 0.2) is 0 Å². The Morgan fingerprint density at radius 3 is 3.00 bits per heavy atom. The lowest BCUT2D eigenvalue weighted by Crippen LogP contribution is -2.48. The van der Waals surface area contributed by atoms with E-state index in [1.54, 1.807) is 17.0 Å². The van der Waals surface area contributed by atoms with Crippen molar-refractivity contribution in [1.29, 1.82) is 0 Å². The maximum atomic E-state index is 13.3. The van der Waals surface area contributed by atoms with Gasteiger partial charge in [-0.05, 0) is 30.5 Å². The summed E-state index contributed by atoms with van der Waals surface area (Å²) in [4.78, 5) is 14.0. The summed E-state index contributed by atoms with van der Waals surface area (Å²) >= 11 is 5.82. The normalized spacial score (nSPS) is 24.7. The molecule has 2 aliphatic rings. The third-order valence-corrected chi connectivity index (χ3v) is 4.46. The second-order valence-electron chi connectivity index (χ2n) is 5.80. The van der Waals surface area contributed by atoms with Gasteiger partial charge in [-0.1, -0.05) is 17.7 Å². The molecule has 0 saturated carbocycles. The molecule has 2 atom stereocenters. The van der Waals surface area contributed by atoms with Crippen LogP contribution in [0.2, 0.25) is 5.02 Å². The lowest BCUT2D eigenvalue weighted by molar-refractivity contribution is -0.0158. The van der Waals surface area contributed by atoms with E-state index < -0.39 is 5.82 Å². The van der Waals surface area contributed by atoms with Gasteiger partial charge in [-0.3, -0.25) is 0 Å². The van der Waals surface area contributed by atoms with Crippen LogP contribution in [0, 0.1) is 5.82 Å². The van der Waals surface area contributed by atoms with E-state index in [0.717, 1.165) is 25.0 Å². The first-order valence-electron chi connectivity index (χ1n) is 7.84. The van der Waals surface area contributed by atoms with Gasteiger partial charge in [0, 0.05) is 19.7 Å². The highest BCUT2D eigenvalue weighted by Crippen LogP contribution is 2.26. The second-order valence-corrected chi connectivity index (χ2v) is 6.21. The van der Waals surface area contributed by atoms with Crippen LogP contribution >= 0.6 is 11.6 Å². The second kappa shape index (κ2) is 7.47. The SMILES string of the molecule is O=C(NC[C@@H]1CCCO1)N1CCO[C@H](c2ccc(F)c(Cl)c2)C1. The summed E-state index contributed by atoms with van der Waals surface area (Å²) in [5, 5.41) is 2.97. The molecule has 0 aliphatic carbocycles. The quantitative estimate of drug-likeness (QED) is 0.919. The number of carbonyl (C=O) groups is 1. The molecule has 0 unspecified atom stereocenters. The van der Waals surface area contributed by atoms with E-state index in [4.69, 9.17) is 21.1 Å². The van der Waals surface area contributed by atoms with Crippen molar-refractivity contribution in [1.82, 2.24) is 10.2 Å². The number of urea groups is 1. The van der Waals surface area contributed by atoms with Gasteiger partial charge in [0.25, 0.3) is 0 Å². The summed E-state index contributed by atoms with van der Waals surface area (Å²) in [6.45, 7) is 2.68. The van der Waals surface area contributed by atoms with Crippen molar-refractivity contribution in [2.24, 2.45) is 0 Å². The van der Waals surface area contributed by atoms with Crippen LogP contribution in [-0.2, 0) is 9.47 Å². The Morgan fingerprint density at radius 1 is 1.39 bits per heavy atom. The van der Waals surface area contributed by atoms with E-state index in [0.29, 0.717) is 26.2 Å². The summed E-state index contributed by atoms with van der Waals surface area (Å²) in [6.07, 6.45) is 1.85. The maximum Gasteiger partial charge on any atom is 0.317 e. The maximum absolute atomic E-state index is 13.3. The summed E-state index contributed by atoms with van der Waals surface area (Å²) < 4.78 is 24.4. The van der Waals surface area contributed by atoms with Gasteiger partial charge in [0.05, 0.1) is 24.3 Å². The van der Waals surface area contributed by atoms with Crippen LogP contribution in [-0.4, -0.2) is 49.9 Å². The molecule has 7 heteroatoms. The zero-order chi connectivity index (χ0) is 16.2. The van der Waals surface area contributed by atoms with Crippen LogP contribution in [0.1, 0.15) is 24.5 Å². The number of nitrogens with zero attached hydrogens (tertiary/aromatic N) is 1. The highest BCUT2D eigenvalue weighted by molar-refractivity contribution is 6.30. The van der Waals surface area contributed by atoms with Crippen molar-refractivity contribution < 1.29 is 18.7 Å². The zero-order valence-corrected chi connectivity index (χ0v) is 13.5. The molecule has 0 radical (unpaired) electrons. The van der Waals surface area contributed by atoms with Crippen molar-refractivity contribution in [2.45, 2.75) is 25.0 Å². The Hall–Kier alpha value is -1.37. The lowest BCUT2D eigenvalue weighted by Gasteiger charge is -2.33. The topological polar surface area (TPSA) is 50.8 Å². The average molecular weight is 343 g/mol. The lowest BCUT2D eigenvalue weighted by atomic mass is 10.1. The monoisotopic (exact) mass is 342 g/mol. The van der Waals surface area contributed by atoms with Crippen molar-refractivity contribution >= 4 is 17.6 Å². The number of benzene rings is 1. The molecule has 3 rings (SSSR count). The van der Waals surface area contributed by atoms with Crippen LogP contribution in [0.15, 0.2) is 18.2 Å². The number of halogens is 2. The Morgan fingerprint density at radius 2 is 2.26 bits per heavy atom. The van der Waals surface area contributed by atoms with Gasteiger partial charge >= 0.3 is 6.03 Å². The number of hydrogen-bond donors (Lipinski definition) is 1. The number of amides is 2. The number of rotatable bonds is 3. The van der Waals surface area contributed by atoms with E-state index >= 15 is 0 Å². The Kier molecular flexibility index (Phi) is 5.35. The molecule has 0 bridgehead atoms. The van der Waals surface area contributed by atoms with Gasteiger partial charge < -0.3 is 19.7 Å². The third kappa shape index (κ3) is 4.13. The van der Waals surface area contributed by atoms with Gasteiger partial charge in [-0.25, -0.2) is 9.18 Å². The van der Waals surface area contributed by atoms with E-state index in [2.05, 4.69) is 5.32 Å². The van der Waals surface area contributed by atoms with Crippen molar-refractivity contribution in [3.63, 3.8) is 0 Å². The smallest absolute Gasteiger partial charge is 0.317 e. The fraction of sp³-hybridized carbons (Fsp3) is 0.562. The molecule has 0 spiro atoms. The fourth-order valence-electron chi connectivity index (χ4n) is 2.87. The Bertz CT molecular complexity index is 566. The van der Waals surface area contributed by atoms with Gasteiger partial charge in [-0.15, -0.1) is 0 Å². The molecule has 1 N–H and O–H groups in total. The van der Waals surface area contributed by atoms with E-state index in [1.165, 1.54) is 6.07 Å². The Balaban J connectivity index is 1.56. The summed E-state index contributed by atoms with van der Waals surface area (Å²) in [7, 11) is 0. The molecule has 2 saturated heterocycles. The van der Waals surface area contributed by atoms with E-state index in [9.17, 15) is 9.18 Å². The van der Waals surface area contributed by atoms with Crippen molar-refractivity contribution in [3.05, 3.63) is 34.6 Å². The number of ether oxygens (including phenoxy) is 2. The molecule has 23 heavy (non-hydrogen) atoms. The largest absolute Gasteiger partial charge is 0.376 e. The summed E-state index contributed by atoms with van der Waals surface area (Å²) in [5.74, 6) is -0.461. The molecular weight excluding hydrogens is 323 g/mol. The van der Waals surface area contributed by atoms with Gasteiger partial charge in [-0.2, -0.15) is 0 Å². The van der Waals surface area contributed by atoms with E-state index in [1.807, 2.05) is 0 Å². The minimum atomic E-state index is -0.461. The molecule has 5 nitrogen and oxygen atoms in total. The highest BCUT2D eigenvalue weighted by Gasteiger charge is 2.26. The summed E-state index contributed by atoms with van der Waals surface area (Å²) in [6, 6.07) is 4.38. The minimum absolute atomic E-state index is 0.0612. The molecule has 1 aromatic rings. The van der Waals surface area contributed by atoms with Crippen LogP contribution < -0.4 is 5.32 Å². The highest BCUT2D eigenvalue weighted by atomic mass is 35.5. The number of carbonyl (C=O) groups excluding carboxylic acids is 1. The molecule has 0 aromatic heterocycles. The summed E-state index contributed by atoms with van der Waals surface area (Å²) in [5.41, 5.74) is 0.771. The third-order valence-electron chi connectivity index (χ3n) is 4.17. The molecule has 1 aromatic carbocycles. The van der Waals surface area contributed by atoms with Crippen LogP contribution in [0.4, 0.5) is 9.18 Å². The molecule has 2 amide bonds. The van der Waals surface area contributed by atoms with Gasteiger partial charge in [0.1, 0.15) is 11.9 Å². The van der Waals surface area contributed by atoms with E-state index in [-0.39, 0.29) is 23.3 Å². The van der Waals surface area contributed by atoms with Crippen LogP contribution in [0.25, 0.3) is 0 Å². The first-order chi connectivity index (χ1) is 11.1. The van der Waals surface area contributed by atoms with Crippen LogP contribution in [0.3, 0.4) is 0 Å². The zero-order valence-electron chi connectivity index (χ0n) is 12.8. The molecule has 2 aliphatic heterocycles. The minimum Gasteiger partial charge on any atom is -0.376 e. The van der Waals surface area contributed by atoms with Crippen molar-refractivity contribution in [2.75, 3.05) is 32.8 Å². The molecular formula is C16H20ClFN2O3. The standard InChI is InChI=1S/C16H20ClFN2O3/c17-13-8-11(3-4-14(13)18)15-10-20(5-7-23-15)16(21)19-9-12-2-1-6-22-12/h3-4,8,12,15H,1-2,5-7,9-10H2,(H,19,21)/t12-,15-/m0/s1. The molecule has 126 valence electrons.